The van der Waals surface area contributed by atoms with Gasteiger partial charge in [-0.15, -0.1) is 0 Å². The van der Waals surface area contributed by atoms with E-state index in [1.54, 1.807) is 24.5 Å². The standard InChI is InChI=1S/C22H20N4O/c1-14-10-16(26(2)3)7-8-17(14)15-11-18-19(13-25-22(18)24-12-15)21(27)20-6-4-5-9-23-20/h4-13H,1-3H3,(H,24,25). The fraction of sp³-hybridized carbons (Fsp3) is 0.136. The van der Waals surface area contributed by atoms with Gasteiger partial charge in [0.2, 0.25) is 5.78 Å². The molecule has 4 rings (SSSR count). The van der Waals surface area contributed by atoms with Crippen molar-refractivity contribution in [2.75, 3.05) is 19.0 Å². The summed E-state index contributed by atoms with van der Waals surface area (Å²) < 4.78 is 0. The third kappa shape index (κ3) is 3.08. The molecule has 1 aromatic carbocycles. The number of nitrogens with one attached hydrogen (secondary N) is 1. The van der Waals surface area contributed by atoms with Crippen molar-refractivity contribution in [2.45, 2.75) is 6.92 Å². The summed E-state index contributed by atoms with van der Waals surface area (Å²) in [5.41, 5.74) is 6.11. The maximum Gasteiger partial charge on any atom is 0.213 e. The predicted molar refractivity (Wildman–Crippen MR) is 108 cm³/mol. The minimum absolute atomic E-state index is 0.111. The number of benzene rings is 1. The molecule has 0 spiro atoms. The second-order valence-electron chi connectivity index (χ2n) is 6.76. The van der Waals surface area contributed by atoms with Gasteiger partial charge in [-0.1, -0.05) is 12.1 Å². The number of anilines is 1. The monoisotopic (exact) mass is 356 g/mol. The Kier molecular flexibility index (Phi) is 4.20. The first kappa shape index (κ1) is 17.0. The molecule has 0 aliphatic heterocycles. The molecule has 0 bridgehead atoms. The first-order valence-corrected chi connectivity index (χ1v) is 8.76. The zero-order valence-corrected chi connectivity index (χ0v) is 15.5. The zero-order valence-electron chi connectivity index (χ0n) is 15.5. The number of aryl methyl sites for hydroxylation is 1. The summed E-state index contributed by atoms with van der Waals surface area (Å²) >= 11 is 0. The Morgan fingerprint density at radius 3 is 2.63 bits per heavy atom. The van der Waals surface area contributed by atoms with E-state index in [4.69, 9.17) is 0 Å². The normalized spacial score (nSPS) is 10.9. The van der Waals surface area contributed by atoms with Gasteiger partial charge in [0, 0.05) is 49.3 Å². The number of hydrogen-bond donors (Lipinski definition) is 1. The Labute approximate surface area is 157 Å². The fourth-order valence-electron chi connectivity index (χ4n) is 3.22. The SMILES string of the molecule is Cc1cc(N(C)C)ccc1-c1cnc2[nH]cc(C(=O)c3ccccn3)c2c1. The van der Waals surface area contributed by atoms with Crippen LogP contribution in [0.3, 0.4) is 0 Å². The molecule has 0 radical (unpaired) electrons. The first-order valence-electron chi connectivity index (χ1n) is 8.76. The molecule has 0 aliphatic carbocycles. The highest BCUT2D eigenvalue weighted by Gasteiger charge is 2.17. The summed E-state index contributed by atoms with van der Waals surface area (Å²) in [6, 6.07) is 13.7. The Bertz CT molecular complexity index is 1130. The number of carbonyl (C=O) groups excluding carboxylic acids is 1. The predicted octanol–water partition coefficient (Wildman–Crippen LogP) is 4.23. The third-order valence-electron chi connectivity index (χ3n) is 4.71. The second kappa shape index (κ2) is 6.68. The number of ketones is 1. The van der Waals surface area contributed by atoms with Crippen molar-refractivity contribution in [1.82, 2.24) is 15.0 Å². The van der Waals surface area contributed by atoms with Crippen LogP contribution in [0.5, 0.6) is 0 Å². The molecular formula is C22H20N4O. The van der Waals surface area contributed by atoms with Gasteiger partial charge in [0.15, 0.2) is 0 Å². The molecule has 5 heteroatoms. The number of H-pyrrole nitrogens is 1. The lowest BCUT2D eigenvalue weighted by atomic mass is 9.99. The summed E-state index contributed by atoms with van der Waals surface area (Å²) in [5, 5.41) is 0.805. The molecule has 5 nitrogen and oxygen atoms in total. The molecule has 134 valence electrons. The van der Waals surface area contributed by atoms with Crippen molar-refractivity contribution in [2.24, 2.45) is 0 Å². The number of nitrogens with zero attached hydrogens (tertiary/aromatic N) is 3. The van der Waals surface area contributed by atoms with Crippen LogP contribution in [0.2, 0.25) is 0 Å². The van der Waals surface area contributed by atoms with Crippen molar-refractivity contribution in [3.63, 3.8) is 0 Å². The average Bonchev–Trinajstić information content (AvgIpc) is 3.11. The highest BCUT2D eigenvalue weighted by atomic mass is 16.1. The molecule has 27 heavy (non-hydrogen) atoms. The van der Waals surface area contributed by atoms with Crippen LogP contribution in [-0.2, 0) is 0 Å². The van der Waals surface area contributed by atoms with Crippen molar-refractivity contribution < 1.29 is 4.79 Å². The lowest BCUT2D eigenvalue weighted by Crippen LogP contribution is -2.08. The van der Waals surface area contributed by atoms with Crippen LogP contribution in [0.15, 0.2) is 61.1 Å². The third-order valence-corrected chi connectivity index (χ3v) is 4.71. The van der Waals surface area contributed by atoms with Crippen LogP contribution >= 0.6 is 0 Å². The average molecular weight is 356 g/mol. The van der Waals surface area contributed by atoms with Gasteiger partial charge < -0.3 is 9.88 Å². The number of aromatic amines is 1. The first-order chi connectivity index (χ1) is 13.0. The quantitative estimate of drug-likeness (QED) is 0.556. The van der Waals surface area contributed by atoms with E-state index < -0.39 is 0 Å². The van der Waals surface area contributed by atoms with E-state index in [0.29, 0.717) is 16.9 Å². The Hall–Kier alpha value is -3.47. The number of carbonyl (C=O) groups is 1. The van der Waals surface area contributed by atoms with E-state index in [1.807, 2.05) is 32.4 Å². The Morgan fingerprint density at radius 1 is 1.07 bits per heavy atom. The lowest BCUT2D eigenvalue weighted by Gasteiger charge is -2.15. The molecule has 0 saturated carbocycles. The minimum atomic E-state index is -0.111. The van der Waals surface area contributed by atoms with Crippen LogP contribution < -0.4 is 4.90 Å². The summed E-state index contributed by atoms with van der Waals surface area (Å²) in [6.07, 6.45) is 5.17. The fourth-order valence-corrected chi connectivity index (χ4v) is 3.22. The number of rotatable bonds is 4. The molecular weight excluding hydrogens is 336 g/mol. The van der Waals surface area contributed by atoms with Crippen LogP contribution in [0.1, 0.15) is 21.6 Å². The number of hydrogen-bond acceptors (Lipinski definition) is 4. The topological polar surface area (TPSA) is 61.9 Å². The Morgan fingerprint density at radius 2 is 1.93 bits per heavy atom. The molecule has 0 fully saturated rings. The minimum Gasteiger partial charge on any atom is -0.378 e. The molecule has 3 aromatic heterocycles. The molecule has 0 unspecified atom stereocenters. The summed E-state index contributed by atoms with van der Waals surface area (Å²) in [6.45, 7) is 2.09. The van der Waals surface area contributed by atoms with Crippen molar-refractivity contribution in [1.29, 1.82) is 0 Å². The van der Waals surface area contributed by atoms with E-state index in [9.17, 15) is 4.79 Å². The van der Waals surface area contributed by atoms with Gasteiger partial charge in [0.25, 0.3) is 0 Å². The highest BCUT2D eigenvalue weighted by Crippen LogP contribution is 2.30. The zero-order chi connectivity index (χ0) is 19.0. The van der Waals surface area contributed by atoms with Gasteiger partial charge in [0.05, 0.1) is 5.56 Å². The van der Waals surface area contributed by atoms with Crippen LogP contribution in [0, 0.1) is 6.92 Å². The van der Waals surface area contributed by atoms with Crippen molar-refractivity contribution in [3.8, 4) is 11.1 Å². The molecule has 0 amide bonds. The lowest BCUT2D eigenvalue weighted by molar-refractivity contribution is 0.103. The summed E-state index contributed by atoms with van der Waals surface area (Å²) in [7, 11) is 4.05. The smallest absolute Gasteiger partial charge is 0.213 e. The van der Waals surface area contributed by atoms with Gasteiger partial charge in [-0.25, -0.2) is 4.98 Å². The number of aromatic nitrogens is 3. The molecule has 4 aromatic rings. The van der Waals surface area contributed by atoms with E-state index in [0.717, 1.165) is 27.8 Å². The second-order valence-corrected chi connectivity index (χ2v) is 6.76. The van der Waals surface area contributed by atoms with Crippen LogP contribution in [-0.4, -0.2) is 34.8 Å². The van der Waals surface area contributed by atoms with E-state index in [-0.39, 0.29) is 5.78 Å². The van der Waals surface area contributed by atoms with E-state index in [1.165, 1.54) is 0 Å². The van der Waals surface area contributed by atoms with E-state index >= 15 is 0 Å². The van der Waals surface area contributed by atoms with Crippen molar-refractivity contribution >= 4 is 22.5 Å². The largest absolute Gasteiger partial charge is 0.378 e. The van der Waals surface area contributed by atoms with E-state index in [2.05, 4.69) is 45.0 Å². The number of pyridine rings is 2. The van der Waals surface area contributed by atoms with Gasteiger partial charge in [-0.05, 0) is 48.4 Å². The van der Waals surface area contributed by atoms with Crippen molar-refractivity contribution in [3.05, 3.63) is 77.9 Å². The van der Waals surface area contributed by atoms with Gasteiger partial charge in [-0.2, -0.15) is 0 Å². The molecule has 0 aliphatic rings. The summed E-state index contributed by atoms with van der Waals surface area (Å²) in [4.78, 5) is 26.7. The van der Waals surface area contributed by atoms with Gasteiger partial charge in [-0.3, -0.25) is 9.78 Å². The molecule has 3 heterocycles. The maximum atomic E-state index is 12.8. The number of fused-ring (bicyclic) bond motifs is 1. The van der Waals surface area contributed by atoms with Gasteiger partial charge >= 0.3 is 0 Å². The summed E-state index contributed by atoms with van der Waals surface area (Å²) in [5.74, 6) is -0.111. The highest BCUT2D eigenvalue weighted by molar-refractivity contribution is 6.15. The molecule has 0 saturated heterocycles. The van der Waals surface area contributed by atoms with Crippen LogP contribution in [0.25, 0.3) is 22.2 Å². The van der Waals surface area contributed by atoms with Crippen LogP contribution in [0.4, 0.5) is 5.69 Å². The Balaban J connectivity index is 1.80. The molecule has 1 N–H and O–H groups in total. The molecule has 0 atom stereocenters. The van der Waals surface area contributed by atoms with Gasteiger partial charge in [0.1, 0.15) is 11.3 Å². The maximum absolute atomic E-state index is 12.8.